The smallest absolute Gasteiger partial charge is 0.260 e. The molecule has 0 unspecified atom stereocenters. The summed E-state index contributed by atoms with van der Waals surface area (Å²) in [5.41, 5.74) is 4.95. The van der Waals surface area contributed by atoms with Gasteiger partial charge in [0.05, 0.1) is 27.9 Å². The third-order valence-electron chi connectivity index (χ3n) is 5.04. The van der Waals surface area contributed by atoms with E-state index in [-0.39, 0.29) is 11.8 Å². The number of benzene rings is 1. The lowest BCUT2D eigenvalue weighted by molar-refractivity contribution is 0.102. The molecule has 0 fully saturated rings. The van der Waals surface area contributed by atoms with Crippen LogP contribution in [0.5, 0.6) is 0 Å². The number of aryl methyl sites for hydroxylation is 4. The lowest BCUT2D eigenvalue weighted by Crippen LogP contribution is -2.15. The van der Waals surface area contributed by atoms with Crippen LogP contribution in [0.25, 0.3) is 22.5 Å². The zero-order valence-corrected chi connectivity index (χ0v) is 17.9. The molecule has 3 aromatic heterocycles. The quantitative estimate of drug-likeness (QED) is 0.544. The van der Waals surface area contributed by atoms with Gasteiger partial charge in [-0.25, -0.2) is 4.98 Å². The summed E-state index contributed by atoms with van der Waals surface area (Å²) in [4.78, 5) is 22.4. The molecule has 0 spiro atoms. The summed E-state index contributed by atoms with van der Waals surface area (Å²) >= 11 is 0. The summed E-state index contributed by atoms with van der Waals surface area (Å²) in [5, 5.41) is 12.3. The van der Waals surface area contributed by atoms with Crippen LogP contribution in [0.3, 0.4) is 0 Å². The highest BCUT2D eigenvalue weighted by molar-refractivity contribution is 6.13. The summed E-state index contributed by atoms with van der Waals surface area (Å²) in [7, 11) is 1.82. The molecule has 0 bridgehead atoms. The van der Waals surface area contributed by atoms with Gasteiger partial charge in [0.25, 0.3) is 11.8 Å². The second-order valence-electron chi connectivity index (χ2n) is 7.78. The number of fused-ring (bicyclic) bond motifs is 1. The van der Waals surface area contributed by atoms with Crippen LogP contribution in [0.2, 0.25) is 0 Å². The van der Waals surface area contributed by atoms with Crippen molar-refractivity contribution in [2.45, 2.75) is 40.5 Å². The molecule has 4 rings (SSSR count). The average molecular weight is 404 g/mol. The van der Waals surface area contributed by atoms with E-state index in [4.69, 9.17) is 4.52 Å². The number of hydrogen-bond donors (Lipinski definition) is 1. The predicted octanol–water partition coefficient (Wildman–Crippen LogP) is 4.32. The number of hydrogen-bond acceptors (Lipinski definition) is 6. The Balaban J connectivity index is 1.79. The van der Waals surface area contributed by atoms with Crippen LogP contribution in [0, 0.1) is 20.8 Å². The van der Waals surface area contributed by atoms with Crippen molar-refractivity contribution in [2.75, 3.05) is 5.32 Å². The Morgan fingerprint density at radius 3 is 2.63 bits per heavy atom. The van der Waals surface area contributed by atoms with Crippen molar-refractivity contribution in [1.82, 2.24) is 24.9 Å². The monoisotopic (exact) mass is 404 g/mol. The number of carbonyl (C=O) groups is 1. The number of nitrogens with zero attached hydrogens (tertiary/aromatic N) is 5. The number of para-hydroxylation sites is 1. The normalized spacial score (nSPS) is 11.4. The Kier molecular flexibility index (Phi) is 4.85. The first-order valence-corrected chi connectivity index (χ1v) is 9.82. The molecule has 1 amide bonds. The van der Waals surface area contributed by atoms with E-state index in [9.17, 15) is 4.79 Å². The van der Waals surface area contributed by atoms with Gasteiger partial charge in [-0.15, -0.1) is 0 Å². The number of amides is 1. The molecule has 0 aliphatic rings. The van der Waals surface area contributed by atoms with Crippen LogP contribution in [-0.2, 0) is 7.05 Å². The fraction of sp³-hybridized carbons (Fsp3) is 0.318. The number of aromatic nitrogens is 5. The molecule has 8 heteroatoms. The van der Waals surface area contributed by atoms with Gasteiger partial charge in [0.1, 0.15) is 0 Å². The van der Waals surface area contributed by atoms with Crippen molar-refractivity contribution < 1.29 is 9.32 Å². The van der Waals surface area contributed by atoms with Crippen LogP contribution in [0.15, 0.2) is 28.8 Å². The van der Waals surface area contributed by atoms with Gasteiger partial charge in [-0.05, 0) is 38.5 Å². The van der Waals surface area contributed by atoms with E-state index in [1.165, 1.54) is 0 Å². The van der Waals surface area contributed by atoms with Gasteiger partial charge < -0.3 is 9.84 Å². The molecule has 0 aliphatic heterocycles. The van der Waals surface area contributed by atoms with E-state index in [0.717, 1.165) is 22.3 Å². The SMILES string of the molecule is Cc1cc(C(=O)Nc2c(C)cccc2-c2nc(C(C)C)no2)c2c(C)nn(C)c2n1. The van der Waals surface area contributed by atoms with Crippen molar-refractivity contribution >= 4 is 22.6 Å². The van der Waals surface area contributed by atoms with E-state index in [0.29, 0.717) is 34.2 Å². The summed E-state index contributed by atoms with van der Waals surface area (Å²) < 4.78 is 7.16. The molecule has 30 heavy (non-hydrogen) atoms. The third kappa shape index (κ3) is 3.34. The van der Waals surface area contributed by atoms with Crippen LogP contribution in [-0.4, -0.2) is 30.8 Å². The summed E-state index contributed by atoms with van der Waals surface area (Å²) in [5.74, 6) is 0.917. The van der Waals surface area contributed by atoms with Crippen molar-refractivity contribution in [3.63, 3.8) is 0 Å². The Labute approximate surface area is 174 Å². The number of anilines is 1. The molecule has 154 valence electrons. The van der Waals surface area contributed by atoms with Crippen molar-refractivity contribution in [3.8, 4) is 11.5 Å². The van der Waals surface area contributed by atoms with Crippen LogP contribution < -0.4 is 5.32 Å². The molecule has 0 radical (unpaired) electrons. The van der Waals surface area contributed by atoms with E-state index in [2.05, 4.69) is 25.5 Å². The summed E-state index contributed by atoms with van der Waals surface area (Å²) in [6, 6.07) is 7.48. The van der Waals surface area contributed by atoms with Gasteiger partial charge in [0, 0.05) is 18.7 Å². The lowest BCUT2D eigenvalue weighted by Gasteiger charge is -2.13. The minimum Gasteiger partial charge on any atom is -0.334 e. The molecule has 4 aromatic rings. The van der Waals surface area contributed by atoms with Crippen molar-refractivity contribution in [1.29, 1.82) is 0 Å². The summed E-state index contributed by atoms with van der Waals surface area (Å²) in [6.45, 7) is 9.67. The van der Waals surface area contributed by atoms with Gasteiger partial charge in [-0.2, -0.15) is 10.1 Å². The maximum absolute atomic E-state index is 13.3. The Hall–Kier alpha value is -3.55. The number of nitrogens with one attached hydrogen (secondary N) is 1. The van der Waals surface area contributed by atoms with Gasteiger partial charge in [-0.1, -0.05) is 31.1 Å². The number of carbonyl (C=O) groups excluding carboxylic acids is 1. The molecule has 1 N–H and O–H groups in total. The maximum Gasteiger partial charge on any atom is 0.260 e. The zero-order valence-electron chi connectivity index (χ0n) is 17.9. The standard InChI is InChI=1S/C22H24N6O2/c1-11(2)19-25-22(30-27-19)15-9-7-8-12(3)18(15)24-21(29)16-10-13(4)23-20-17(16)14(5)26-28(20)6/h7-11H,1-6H3,(H,24,29). The molecular formula is C22H24N6O2. The highest BCUT2D eigenvalue weighted by Gasteiger charge is 2.21. The molecule has 0 saturated carbocycles. The highest BCUT2D eigenvalue weighted by Crippen LogP contribution is 2.32. The second kappa shape index (κ2) is 7.37. The first kappa shape index (κ1) is 19.8. The number of pyridine rings is 1. The fourth-order valence-corrected chi connectivity index (χ4v) is 3.52. The van der Waals surface area contributed by atoms with Gasteiger partial charge in [0.2, 0.25) is 0 Å². The largest absolute Gasteiger partial charge is 0.334 e. The third-order valence-corrected chi connectivity index (χ3v) is 5.04. The van der Waals surface area contributed by atoms with E-state index in [1.807, 2.05) is 59.9 Å². The predicted molar refractivity (Wildman–Crippen MR) is 114 cm³/mol. The highest BCUT2D eigenvalue weighted by atomic mass is 16.5. The first-order valence-electron chi connectivity index (χ1n) is 9.82. The molecule has 0 atom stereocenters. The van der Waals surface area contributed by atoms with Crippen LogP contribution in [0.1, 0.15) is 52.9 Å². The van der Waals surface area contributed by atoms with Gasteiger partial charge in [0.15, 0.2) is 11.5 Å². The van der Waals surface area contributed by atoms with Crippen molar-refractivity contribution in [3.05, 3.63) is 52.6 Å². The fourth-order valence-electron chi connectivity index (χ4n) is 3.52. The average Bonchev–Trinajstić information content (AvgIpc) is 3.28. The number of rotatable bonds is 4. The zero-order chi connectivity index (χ0) is 21.6. The van der Waals surface area contributed by atoms with E-state index in [1.54, 1.807) is 10.7 Å². The van der Waals surface area contributed by atoms with E-state index < -0.39 is 0 Å². The minimum absolute atomic E-state index is 0.145. The summed E-state index contributed by atoms with van der Waals surface area (Å²) in [6.07, 6.45) is 0. The first-order chi connectivity index (χ1) is 14.3. The molecular weight excluding hydrogens is 380 g/mol. The van der Waals surface area contributed by atoms with Gasteiger partial charge in [-0.3, -0.25) is 9.48 Å². The molecule has 0 saturated heterocycles. The lowest BCUT2D eigenvalue weighted by atomic mass is 10.1. The second-order valence-corrected chi connectivity index (χ2v) is 7.78. The minimum atomic E-state index is -0.235. The van der Waals surface area contributed by atoms with E-state index >= 15 is 0 Å². The molecule has 3 heterocycles. The maximum atomic E-state index is 13.3. The van der Waals surface area contributed by atoms with Gasteiger partial charge >= 0.3 is 0 Å². The molecule has 0 aliphatic carbocycles. The Morgan fingerprint density at radius 2 is 1.93 bits per heavy atom. The topological polar surface area (TPSA) is 98.7 Å². The molecule has 1 aromatic carbocycles. The Morgan fingerprint density at radius 1 is 1.17 bits per heavy atom. The van der Waals surface area contributed by atoms with Crippen molar-refractivity contribution in [2.24, 2.45) is 7.05 Å². The van der Waals surface area contributed by atoms with Crippen LogP contribution in [0.4, 0.5) is 5.69 Å². The van der Waals surface area contributed by atoms with Crippen LogP contribution >= 0.6 is 0 Å². The Bertz CT molecular complexity index is 1270. The molecule has 8 nitrogen and oxygen atoms in total.